The highest BCUT2D eigenvalue weighted by Crippen LogP contribution is 2.37. The Bertz CT molecular complexity index is 488. The summed E-state index contributed by atoms with van der Waals surface area (Å²) in [6.07, 6.45) is 7.76. The number of aromatic nitrogens is 1. The monoisotopic (exact) mass is 284 g/mol. The van der Waals surface area contributed by atoms with E-state index < -0.39 is 11.6 Å². The molecule has 1 aromatic rings. The molecule has 0 amide bonds. The minimum absolute atomic E-state index is 0.377. The van der Waals surface area contributed by atoms with Crippen molar-refractivity contribution in [2.24, 2.45) is 4.99 Å². The molecule has 0 spiro atoms. The number of halogens is 2. The number of rotatable bonds is 4. The third kappa shape index (κ3) is 2.44. The van der Waals surface area contributed by atoms with Crippen LogP contribution in [0.25, 0.3) is 0 Å². The predicted molar refractivity (Wildman–Crippen MR) is 74.5 cm³/mol. The number of aliphatic hydroxyl groups excluding tert-OH is 1. The zero-order chi connectivity index (χ0) is 13.2. The molecule has 2 unspecified atom stereocenters. The summed E-state index contributed by atoms with van der Waals surface area (Å²) in [7, 11) is 0. The van der Waals surface area contributed by atoms with E-state index in [9.17, 15) is 5.11 Å². The molecule has 5 heteroatoms. The zero-order valence-corrected chi connectivity index (χ0v) is 11.5. The normalized spacial score (nSPS) is 23.6. The Balaban J connectivity index is 2.34. The highest BCUT2D eigenvalue weighted by atomic mass is 35.5. The van der Waals surface area contributed by atoms with Gasteiger partial charge in [0, 0.05) is 12.4 Å². The summed E-state index contributed by atoms with van der Waals surface area (Å²) in [5, 5.41) is 11.3. The molecule has 0 saturated heterocycles. The van der Waals surface area contributed by atoms with Crippen molar-refractivity contribution < 1.29 is 5.11 Å². The molecule has 3 nitrogen and oxygen atoms in total. The quantitative estimate of drug-likeness (QED) is 0.918. The number of aliphatic imine (C=N–C) groups is 1. The third-order valence-electron chi connectivity index (χ3n) is 3.02. The second-order valence-corrected chi connectivity index (χ2v) is 5.12. The fraction of sp³-hybridized carbons (Fsp3) is 0.385. The molecule has 1 N–H and O–H groups in total. The van der Waals surface area contributed by atoms with Crippen LogP contribution >= 0.6 is 23.2 Å². The number of allylic oxidation sites excluding steroid dienone is 1. The number of pyridine rings is 1. The van der Waals surface area contributed by atoms with Gasteiger partial charge in [-0.25, -0.2) is 0 Å². The summed E-state index contributed by atoms with van der Waals surface area (Å²) in [6.45, 7) is 2.05. The van der Waals surface area contributed by atoms with Gasteiger partial charge in [0.15, 0.2) is 0 Å². The van der Waals surface area contributed by atoms with Gasteiger partial charge >= 0.3 is 0 Å². The Morgan fingerprint density at radius 1 is 1.39 bits per heavy atom. The summed E-state index contributed by atoms with van der Waals surface area (Å²) in [6, 6.07) is 1.59. The maximum Gasteiger partial charge on any atom is 0.125 e. The summed E-state index contributed by atoms with van der Waals surface area (Å²) in [4.78, 5) is 8.52. The summed E-state index contributed by atoms with van der Waals surface area (Å²) >= 11 is 11.8. The summed E-state index contributed by atoms with van der Waals surface area (Å²) < 4.78 is 0. The molecule has 0 radical (unpaired) electrons. The van der Waals surface area contributed by atoms with Gasteiger partial charge in [0.1, 0.15) is 11.6 Å². The molecule has 18 heavy (non-hydrogen) atoms. The standard InChI is InChI=1S/C13H14Cl2N2O/c1-2-4-13(5-3-6-17-13)12(18)11-7-9(14)10(15)8-16-11/h3,5-8,12,18H,2,4H2,1H3. The average Bonchev–Trinajstić information content (AvgIpc) is 2.82. The fourth-order valence-electron chi connectivity index (χ4n) is 2.12. The average molecular weight is 285 g/mol. The van der Waals surface area contributed by atoms with E-state index in [1.807, 2.05) is 12.2 Å². The Kier molecular flexibility index (Phi) is 4.05. The van der Waals surface area contributed by atoms with Crippen LogP contribution < -0.4 is 0 Å². The highest BCUT2D eigenvalue weighted by molar-refractivity contribution is 6.41. The van der Waals surface area contributed by atoms with Crippen LogP contribution in [0.5, 0.6) is 0 Å². The Morgan fingerprint density at radius 3 is 2.72 bits per heavy atom. The first-order valence-electron chi connectivity index (χ1n) is 5.81. The van der Waals surface area contributed by atoms with Crippen LogP contribution in [0.3, 0.4) is 0 Å². The maximum atomic E-state index is 10.5. The number of hydrogen-bond donors (Lipinski definition) is 1. The van der Waals surface area contributed by atoms with Gasteiger partial charge in [-0.1, -0.05) is 42.6 Å². The van der Waals surface area contributed by atoms with E-state index in [0.29, 0.717) is 15.7 Å². The van der Waals surface area contributed by atoms with Gasteiger partial charge in [0.25, 0.3) is 0 Å². The van der Waals surface area contributed by atoms with E-state index >= 15 is 0 Å². The van der Waals surface area contributed by atoms with E-state index in [4.69, 9.17) is 23.2 Å². The molecule has 1 aliphatic heterocycles. The molecular weight excluding hydrogens is 271 g/mol. The Labute approximate surface area is 116 Å². The van der Waals surface area contributed by atoms with Gasteiger partial charge in [-0.05, 0) is 18.6 Å². The van der Waals surface area contributed by atoms with E-state index in [1.165, 1.54) is 6.20 Å². The second-order valence-electron chi connectivity index (χ2n) is 4.30. The molecule has 1 aliphatic rings. The molecule has 0 saturated carbocycles. The van der Waals surface area contributed by atoms with Crippen LogP contribution in [0.2, 0.25) is 10.0 Å². The van der Waals surface area contributed by atoms with Gasteiger partial charge in [-0.2, -0.15) is 0 Å². The van der Waals surface area contributed by atoms with E-state index in [2.05, 4.69) is 16.9 Å². The van der Waals surface area contributed by atoms with Crippen molar-refractivity contribution in [3.05, 3.63) is 40.2 Å². The molecule has 0 aromatic carbocycles. The lowest BCUT2D eigenvalue weighted by Crippen LogP contribution is -2.31. The first kappa shape index (κ1) is 13.5. The molecule has 96 valence electrons. The van der Waals surface area contributed by atoms with Crippen LogP contribution in [0.4, 0.5) is 0 Å². The summed E-state index contributed by atoms with van der Waals surface area (Å²) in [5.74, 6) is 0. The van der Waals surface area contributed by atoms with Crippen LogP contribution in [-0.2, 0) is 0 Å². The smallest absolute Gasteiger partial charge is 0.125 e. The third-order valence-corrected chi connectivity index (χ3v) is 3.73. The molecular formula is C13H14Cl2N2O. The van der Waals surface area contributed by atoms with E-state index in [0.717, 1.165) is 12.8 Å². The van der Waals surface area contributed by atoms with Gasteiger partial charge in [-0.15, -0.1) is 0 Å². The molecule has 2 rings (SSSR count). The fourth-order valence-corrected chi connectivity index (χ4v) is 2.38. The van der Waals surface area contributed by atoms with Gasteiger partial charge in [0.2, 0.25) is 0 Å². The maximum absolute atomic E-state index is 10.5. The lowest BCUT2D eigenvalue weighted by Gasteiger charge is -2.29. The van der Waals surface area contributed by atoms with Crippen LogP contribution in [-0.4, -0.2) is 21.8 Å². The predicted octanol–water partition coefficient (Wildman–Crippen LogP) is 3.60. The Hall–Kier alpha value is -0.900. The minimum Gasteiger partial charge on any atom is -0.384 e. The van der Waals surface area contributed by atoms with Crippen molar-refractivity contribution in [3.63, 3.8) is 0 Å². The van der Waals surface area contributed by atoms with Crippen molar-refractivity contribution >= 4 is 29.4 Å². The lowest BCUT2D eigenvalue weighted by atomic mass is 9.86. The van der Waals surface area contributed by atoms with Crippen molar-refractivity contribution in [2.45, 2.75) is 31.4 Å². The topological polar surface area (TPSA) is 45.5 Å². The van der Waals surface area contributed by atoms with E-state index in [-0.39, 0.29) is 0 Å². The van der Waals surface area contributed by atoms with Crippen LogP contribution in [0.1, 0.15) is 31.6 Å². The zero-order valence-electron chi connectivity index (χ0n) is 9.98. The molecule has 0 bridgehead atoms. The van der Waals surface area contributed by atoms with E-state index in [1.54, 1.807) is 12.3 Å². The van der Waals surface area contributed by atoms with Gasteiger partial charge in [-0.3, -0.25) is 9.98 Å². The summed E-state index contributed by atoms with van der Waals surface area (Å²) in [5.41, 5.74) is -0.139. The first-order chi connectivity index (χ1) is 8.59. The van der Waals surface area contributed by atoms with Gasteiger partial charge < -0.3 is 5.11 Å². The largest absolute Gasteiger partial charge is 0.384 e. The SMILES string of the molecule is CCCC1(C(O)c2cc(Cl)c(Cl)cn2)C=CC=N1. The van der Waals surface area contributed by atoms with Crippen molar-refractivity contribution in [1.82, 2.24) is 4.98 Å². The highest BCUT2D eigenvalue weighted by Gasteiger charge is 2.37. The van der Waals surface area contributed by atoms with Crippen LogP contribution in [0.15, 0.2) is 29.4 Å². The Morgan fingerprint density at radius 2 is 2.17 bits per heavy atom. The van der Waals surface area contributed by atoms with Crippen LogP contribution in [0, 0.1) is 0 Å². The van der Waals surface area contributed by atoms with Crippen molar-refractivity contribution in [2.75, 3.05) is 0 Å². The minimum atomic E-state index is -0.817. The molecule has 0 fully saturated rings. The first-order valence-corrected chi connectivity index (χ1v) is 6.57. The lowest BCUT2D eigenvalue weighted by molar-refractivity contribution is 0.103. The molecule has 0 aliphatic carbocycles. The van der Waals surface area contributed by atoms with Crippen molar-refractivity contribution in [3.8, 4) is 0 Å². The molecule has 2 atom stereocenters. The second kappa shape index (κ2) is 5.39. The molecule has 1 aromatic heterocycles. The van der Waals surface area contributed by atoms with Crippen molar-refractivity contribution in [1.29, 1.82) is 0 Å². The number of aliphatic hydroxyl groups is 1. The van der Waals surface area contributed by atoms with Gasteiger partial charge in [0.05, 0.1) is 15.7 Å². The molecule has 2 heterocycles. The number of hydrogen-bond acceptors (Lipinski definition) is 3. The number of nitrogens with zero attached hydrogens (tertiary/aromatic N) is 2.